The summed E-state index contributed by atoms with van der Waals surface area (Å²) in [4.78, 5) is 1.34. The molecule has 2 aliphatic heterocycles. The molecule has 0 saturated heterocycles. The van der Waals surface area contributed by atoms with Crippen molar-refractivity contribution in [3.63, 3.8) is 0 Å². The van der Waals surface area contributed by atoms with Gasteiger partial charge in [-0.1, -0.05) is 18.2 Å². The number of sulfonamides is 1. The molecule has 1 unspecified atom stereocenters. The predicted molar refractivity (Wildman–Crippen MR) is 96.9 cm³/mol. The number of fused-ring (bicyclic) bond motifs is 2. The van der Waals surface area contributed by atoms with Crippen LogP contribution in [0.3, 0.4) is 0 Å². The fraction of sp³-hybridized carbons (Fsp3) is 0.333. The van der Waals surface area contributed by atoms with Gasteiger partial charge in [0.25, 0.3) is 0 Å². The Kier molecular flexibility index (Phi) is 4.62. The Morgan fingerprint density at radius 1 is 1.04 bits per heavy atom. The Bertz CT molecular complexity index is 882. The molecule has 2 aliphatic rings. The molecule has 0 amide bonds. The van der Waals surface area contributed by atoms with E-state index in [9.17, 15) is 8.42 Å². The zero-order chi connectivity index (χ0) is 17.3. The molecule has 0 aromatic heterocycles. The molecule has 132 valence electrons. The number of ether oxygens (including phenoxy) is 2. The molecule has 7 heteroatoms. The fourth-order valence-corrected chi connectivity index (χ4v) is 5.42. The van der Waals surface area contributed by atoms with Gasteiger partial charge in [0, 0.05) is 23.4 Å². The quantitative estimate of drug-likeness (QED) is 0.889. The first kappa shape index (κ1) is 16.8. The average Bonchev–Trinajstić information content (AvgIpc) is 2.86. The van der Waals surface area contributed by atoms with Crippen LogP contribution in [0.4, 0.5) is 0 Å². The molecule has 0 aliphatic carbocycles. The van der Waals surface area contributed by atoms with Gasteiger partial charge in [-0.3, -0.25) is 0 Å². The maximum Gasteiger partial charge on any atom is 0.241 e. The van der Waals surface area contributed by atoms with Crippen molar-refractivity contribution in [3.05, 3.63) is 48.0 Å². The number of benzene rings is 2. The van der Waals surface area contributed by atoms with E-state index in [1.807, 2.05) is 24.3 Å². The van der Waals surface area contributed by atoms with E-state index in [1.54, 1.807) is 30.0 Å². The summed E-state index contributed by atoms with van der Waals surface area (Å²) in [7, 11) is -3.64. The van der Waals surface area contributed by atoms with E-state index in [0.717, 1.165) is 29.1 Å². The minimum atomic E-state index is -3.64. The van der Waals surface area contributed by atoms with Crippen LogP contribution in [-0.4, -0.2) is 27.4 Å². The van der Waals surface area contributed by atoms with Crippen molar-refractivity contribution in [3.8, 4) is 11.5 Å². The van der Waals surface area contributed by atoms with Gasteiger partial charge in [0.05, 0.1) is 18.1 Å². The van der Waals surface area contributed by atoms with Crippen molar-refractivity contribution in [2.75, 3.05) is 19.0 Å². The highest BCUT2D eigenvalue weighted by atomic mass is 32.2. The SMILES string of the molecule is O=S(=O)(NC1CCSc2ccccc21)c1ccc2c(c1)OCCCO2. The summed E-state index contributed by atoms with van der Waals surface area (Å²) in [6, 6.07) is 12.5. The maximum absolute atomic E-state index is 12.9. The highest BCUT2D eigenvalue weighted by Gasteiger charge is 2.27. The summed E-state index contributed by atoms with van der Waals surface area (Å²) >= 11 is 1.76. The summed E-state index contributed by atoms with van der Waals surface area (Å²) in [6.45, 7) is 1.10. The van der Waals surface area contributed by atoms with Crippen LogP contribution in [0.1, 0.15) is 24.4 Å². The molecule has 4 rings (SSSR count). The number of hydrogen-bond acceptors (Lipinski definition) is 5. The van der Waals surface area contributed by atoms with Crippen LogP contribution in [0.5, 0.6) is 11.5 Å². The predicted octanol–water partition coefficient (Wildman–Crippen LogP) is 3.36. The summed E-state index contributed by atoms with van der Waals surface area (Å²) in [5.41, 5.74) is 1.04. The van der Waals surface area contributed by atoms with Crippen molar-refractivity contribution < 1.29 is 17.9 Å². The zero-order valence-corrected chi connectivity index (χ0v) is 15.2. The van der Waals surface area contributed by atoms with Crippen LogP contribution in [0.15, 0.2) is 52.3 Å². The molecular weight excluding hydrogens is 358 g/mol. The molecule has 1 N–H and O–H groups in total. The van der Waals surface area contributed by atoms with Crippen LogP contribution >= 0.6 is 11.8 Å². The lowest BCUT2D eigenvalue weighted by molar-refractivity contribution is 0.297. The zero-order valence-electron chi connectivity index (χ0n) is 13.6. The van der Waals surface area contributed by atoms with Crippen LogP contribution in [0.2, 0.25) is 0 Å². The second-order valence-corrected chi connectivity index (χ2v) is 8.86. The van der Waals surface area contributed by atoms with Gasteiger partial charge in [-0.05, 0) is 35.9 Å². The molecule has 0 bridgehead atoms. The molecule has 0 radical (unpaired) electrons. The third kappa shape index (κ3) is 3.49. The van der Waals surface area contributed by atoms with Gasteiger partial charge in [-0.15, -0.1) is 11.8 Å². The average molecular weight is 377 g/mol. The molecule has 0 fully saturated rings. The number of nitrogens with one attached hydrogen (secondary N) is 1. The number of thioether (sulfide) groups is 1. The van der Waals surface area contributed by atoms with E-state index < -0.39 is 10.0 Å². The van der Waals surface area contributed by atoms with E-state index in [1.165, 1.54) is 0 Å². The van der Waals surface area contributed by atoms with Crippen molar-refractivity contribution in [2.45, 2.75) is 28.7 Å². The molecule has 25 heavy (non-hydrogen) atoms. The van der Waals surface area contributed by atoms with Gasteiger partial charge in [0.2, 0.25) is 10.0 Å². The monoisotopic (exact) mass is 377 g/mol. The third-order valence-electron chi connectivity index (χ3n) is 4.29. The normalized spacial score (nSPS) is 19.8. The highest BCUT2D eigenvalue weighted by Crippen LogP contribution is 2.37. The smallest absolute Gasteiger partial charge is 0.241 e. The standard InChI is InChI=1S/C18H19NO4S2/c20-25(21,13-6-7-16-17(12-13)23-10-3-9-22-16)19-15-8-11-24-18-5-2-1-4-14(15)18/h1-2,4-7,12,15,19H,3,8-11H2. The third-order valence-corrected chi connectivity index (χ3v) is 6.88. The van der Waals surface area contributed by atoms with E-state index in [0.29, 0.717) is 24.7 Å². The minimum absolute atomic E-state index is 0.201. The molecule has 1 atom stereocenters. The molecule has 2 heterocycles. The molecule has 2 aromatic carbocycles. The lowest BCUT2D eigenvalue weighted by Gasteiger charge is -2.25. The first-order chi connectivity index (χ1) is 12.1. The van der Waals surface area contributed by atoms with Crippen molar-refractivity contribution in [1.29, 1.82) is 0 Å². The van der Waals surface area contributed by atoms with Crippen LogP contribution < -0.4 is 14.2 Å². The minimum Gasteiger partial charge on any atom is -0.490 e. The van der Waals surface area contributed by atoms with Crippen molar-refractivity contribution >= 4 is 21.8 Å². The molecule has 5 nitrogen and oxygen atoms in total. The van der Waals surface area contributed by atoms with Crippen molar-refractivity contribution in [1.82, 2.24) is 4.72 Å². The van der Waals surface area contributed by atoms with Crippen molar-refractivity contribution in [2.24, 2.45) is 0 Å². The Labute approximate surface area is 151 Å². The Hall–Kier alpha value is -1.70. The second-order valence-electron chi connectivity index (χ2n) is 6.01. The highest BCUT2D eigenvalue weighted by molar-refractivity contribution is 7.99. The number of rotatable bonds is 3. The van der Waals surface area contributed by atoms with Gasteiger partial charge in [0.1, 0.15) is 0 Å². The van der Waals surface area contributed by atoms with Crippen LogP contribution in [-0.2, 0) is 10.0 Å². The largest absolute Gasteiger partial charge is 0.490 e. The Morgan fingerprint density at radius 3 is 2.72 bits per heavy atom. The van der Waals surface area contributed by atoms with Crippen LogP contribution in [0.25, 0.3) is 0 Å². The molecule has 0 saturated carbocycles. The lowest BCUT2D eigenvalue weighted by Crippen LogP contribution is -2.30. The van der Waals surface area contributed by atoms with Gasteiger partial charge >= 0.3 is 0 Å². The Balaban J connectivity index is 1.62. The summed E-state index contributed by atoms with van der Waals surface area (Å²) in [5, 5.41) is 0. The van der Waals surface area contributed by atoms with E-state index in [2.05, 4.69) is 4.72 Å². The number of hydrogen-bond donors (Lipinski definition) is 1. The van der Waals surface area contributed by atoms with Gasteiger partial charge < -0.3 is 9.47 Å². The van der Waals surface area contributed by atoms with E-state index >= 15 is 0 Å². The van der Waals surface area contributed by atoms with E-state index in [4.69, 9.17) is 9.47 Å². The molecule has 0 spiro atoms. The van der Waals surface area contributed by atoms with Crippen LogP contribution in [0, 0.1) is 0 Å². The fourth-order valence-electron chi connectivity index (χ4n) is 3.03. The Morgan fingerprint density at radius 2 is 1.84 bits per heavy atom. The molecule has 2 aromatic rings. The maximum atomic E-state index is 12.9. The first-order valence-corrected chi connectivity index (χ1v) is 10.7. The van der Waals surface area contributed by atoms with Gasteiger partial charge in [-0.2, -0.15) is 0 Å². The van der Waals surface area contributed by atoms with Gasteiger partial charge in [-0.25, -0.2) is 13.1 Å². The topological polar surface area (TPSA) is 64.6 Å². The lowest BCUT2D eigenvalue weighted by atomic mass is 10.1. The second kappa shape index (κ2) is 6.90. The first-order valence-electron chi connectivity index (χ1n) is 8.27. The van der Waals surface area contributed by atoms with E-state index in [-0.39, 0.29) is 10.9 Å². The van der Waals surface area contributed by atoms with Gasteiger partial charge in [0.15, 0.2) is 11.5 Å². The summed E-state index contributed by atoms with van der Waals surface area (Å²) in [6.07, 6.45) is 1.55. The molecular formula is C18H19NO4S2. The summed E-state index contributed by atoms with van der Waals surface area (Å²) < 4.78 is 39.8. The summed E-state index contributed by atoms with van der Waals surface area (Å²) in [5.74, 6) is 1.97.